The number of hydrogen-bond acceptors (Lipinski definition) is 3. The molecule has 0 amide bonds. The van der Waals surface area contributed by atoms with Gasteiger partial charge in [0.15, 0.2) is 0 Å². The summed E-state index contributed by atoms with van der Waals surface area (Å²) in [5, 5.41) is 9.47. The quantitative estimate of drug-likeness (QED) is 0.684. The van der Waals surface area contributed by atoms with Crippen molar-refractivity contribution in [3.05, 3.63) is 0 Å². The highest BCUT2D eigenvalue weighted by molar-refractivity contribution is 4.76. The van der Waals surface area contributed by atoms with Crippen LogP contribution in [-0.2, 0) is 4.74 Å². The minimum Gasteiger partial charge on any atom is -0.392 e. The van der Waals surface area contributed by atoms with Gasteiger partial charge in [-0.2, -0.15) is 0 Å². The second-order valence-electron chi connectivity index (χ2n) is 4.19. The van der Waals surface area contributed by atoms with E-state index in [1.165, 1.54) is 12.8 Å². The molecule has 0 spiro atoms. The van der Waals surface area contributed by atoms with Gasteiger partial charge in [0, 0.05) is 19.7 Å². The van der Waals surface area contributed by atoms with E-state index in [1.807, 2.05) is 0 Å². The summed E-state index contributed by atoms with van der Waals surface area (Å²) in [6, 6.07) is 0. The summed E-state index contributed by atoms with van der Waals surface area (Å²) < 4.78 is 5.57. The molecule has 0 radical (unpaired) electrons. The van der Waals surface area contributed by atoms with Crippen molar-refractivity contribution < 1.29 is 9.84 Å². The summed E-state index contributed by atoms with van der Waals surface area (Å²) in [7, 11) is 0. The molecule has 0 aromatic carbocycles. The van der Waals surface area contributed by atoms with Gasteiger partial charge in [-0.3, -0.25) is 4.90 Å². The van der Waals surface area contributed by atoms with Crippen LogP contribution in [0.2, 0.25) is 0 Å². The predicted octanol–water partition coefficient (Wildman–Crippen LogP) is 0.622. The molecule has 3 heteroatoms. The number of rotatable bonds is 2. The molecule has 1 unspecified atom stereocenters. The molecule has 3 nitrogen and oxygen atoms in total. The molecule has 2 fully saturated rings. The zero-order valence-corrected chi connectivity index (χ0v) is 8.11. The Bertz CT molecular complexity index is 157. The van der Waals surface area contributed by atoms with Gasteiger partial charge in [-0.25, -0.2) is 0 Å². The number of hydrogen-bond donors (Lipinski definition) is 1. The maximum absolute atomic E-state index is 9.47. The van der Waals surface area contributed by atoms with Crippen molar-refractivity contribution in [3.63, 3.8) is 0 Å². The van der Waals surface area contributed by atoms with Crippen LogP contribution in [0.4, 0.5) is 0 Å². The van der Waals surface area contributed by atoms with Crippen LogP contribution in [0.3, 0.4) is 0 Å². The van der Waals surface area contributed by atoms with Crippen molar-refractivity contribution in [2.24, 2.45) is 0 Å². The second kappa shape index (κ2) is 4.40. The van der Waals surface area contributed by atoms with Gasteiger partial charge in [0.25, 0.3) is 0 Å². The van der Waals surface area contributed by atoms with Crippen LogP contribution in [0.1, 0.15) is 25.7 Å². The number of aliphatic hydroxyl groups excluding tert-OH is 1. The lowest BCUT2D eigenvalue weighted by Gasteiger charge is -2.31. The fourth-order valence-corrected chi connectivity index (χ4v) is 2.27. The summed E-state index contributed by atoms with van der Waals surface area (Å²) in [5.41, 5.74) is 0. The largest absolute Gasteiger partial charge is 0.392 e. The summed E-state index contributed by atoms with van der Waals surface area (Å²) >= 11 is 0. The molecule has 2 aliphatic heterocycles. The Kier molecular flexibility index (Phi) is 3.19. The van der Waals surface area contributed by atoms with Gasteiger partial charge in [-0.05, 0) is 32.2 Å². The summed E-state index contributed by atoms with van der Waals surface area (Å²) in [6.45, 7) is 3.94. The molecule has 2 heterocycles. The molecule has 0 saturated carbocycles. The predicted molar refractivity (Wildman–Crippen MR) is 50.7 cm³/mol. The lowest BCUT2D eigenvalue weighted by molar-refractivity contribution is 0.0276. The van der Waals surface area contributed by atoms with Crippen molar-refractivity contribution in [2.75, 3.05) is 26.2 Å². The summed E-state index contributed by atoms with van der Waals surface area (Å²) in [5.74, 6) is 0. The molecule has 2 atom stereocenters. The molecule has 2 saturated heterocycles. The number of aliphatic hydroxyl groups is 1. The Hall–Kier alpha value is -0.120. The van der Waals surface area contributed by atoms with E-state index in [2.05, 4.69) is 4.90 Å². The zero-order valence-electron chi connectivity index (χ0n) is 8.11. The van der Waals surface area contributed by atoms with Gasteiger partial charge in [0.2, 0.25) is 0 Å². The highest BCUT2D eigenvalue weighted by Crippen LogP contribution is 2.16. The third-order valence-electron chi connectivity index (χ3n) is 2.97. The van der Waals surface area contributed by atoms with E-state index >= 15 is 0 Å². The van der Waals surface area contributed by atoms with Gasteiger partial charge in [0.1, 0.15) is 0 Å². The number of ether oxygens (including phenoxy) is 1. The number of likely N-dealkylation sites (tertiary alicyclic amines) is 1. The topological polar surface area (TPSA) is 32.7 Å². The van der Waals surface area contributed by atoms with Crippen LogP contribution in [0.5, 0.6) is 0 Å². The number of piperidine rings is 1. The fraction of sp³-hybridized carbons (Fsp3) is 1.00. The van der Waals surface area contributed by atoms with Crippen molar-refractivity contribution in [1.29, 1.82) is 0 Å². The molecule has 1 N–H and O–H groups in total. The van der Waals surface area contributed by atoms with Gasteiger partial charge in [-0.15, -0.1) is 0 Å². The normalized spacial score (nSPS) is 36.7. The number of β-amino-alcohol motifs (C(OH)–C–C–N with tert-alkyl or cyclic N) is 1. The van der Waals surface area contributed by atoms with Crippen LogP contribution in [0.15, 0.2) is 0 Å². The first-order valence-electron chi connectivity index (χ1n) is 5.36. The van der Waals surface area contributed by atoms with Crippen LogP contribution >= 0.6 is 0 Å². The van der Waals surface area contributed by atoms with Crippen molar-refractivity contribution in [1.82, 2.24) is 4.90 Å². The zero-order chi connectivity index (χ0) is 9.10. The third-order valence-corrected chi connectivity index (χ3v) is 2.97. The van der Waals surface area contributed by atoms with E-state index in [4.69, 9.17) is 4.74 Å². The van der Waals surface area contributed by atoms with E-state index in [9.17, 15) is 5.11 Å². The summed E-state index contributed by atoms with van der Waals surface area (Å²) in [4.78, 5) is 2.34. The van der Waals surface area contributed by atoms with Crippen molar-refractivity contribution in [2.45, 2.75) is 37.9 Å². The van der Waals surface area contributed by atoms with Crippen molar-refractivity contribution >= 4 is 0 Å². The smallest absolute Gasteiger partial charge is 0.0702 e. The molecular weight excluding hydrogens is 166 g/mol. The minimum absolute atomic E-state index is 0.102. The Morgan fingerprint density at radius 1 is 1.31 bits per heavy atom. The van der Waals surface area contributed by atoms with Crippen LogP contribution in [0, 0.1) is 0 Å². The first kappa shape index (κ1) is 9.44. The van der Waals surface area contributed by atoms with Crippen LogP contribution < -0.4 is 0 Å². The van der Waals surface area contributed by atoms with Gasteiger partial charge in [0.05, 0.1) is 12.2 Å². The van der Waals surface area contributed by atoms with Crippen LogP contribution in [0.25, 0.3) is 0 Å². The molecule has 0 aromatic heterocycles. The molecule has 13 heavy (non-hydrogen) atoms. The van der Waals surface area contributed by atoms with E-state index in [0.29, 0.717) is 6.10 Å². The molecular formula is C10H19NO2. The molecule has 2 aliphatic rings. The van der Waals surface area contributed by atoms with Crippen LogP contribution in [-0.4, -0.2) is 48.5 Å². The van der Waals surface area contributed by atoms with E-state index in [-0.39, 0.29) is 6.10 Å². The molecule has 76 valence electrons. The standard InChI is InChI=1S/C10H19NO2/c12-9-3-1-5-11(7-9)8-10-4-2-6-13-10/h9-10,12H,1-8H2/t9-,10?/m0/s1. The summed E-state index contributed by atoms with van der Waals surface area (Å²) in [6.07, 6.45) is 4.85. The highest BCUT2D eigenvalue weighted by Gasteiger charge is 2.23. The van der Waals surface area contributed by atoms with E-state index < -0.39 is 0 Å². The first-order chi connectivity index (χ1) is 6.34. The lowest BCUT2D eigenvalue weighted by Crippen LogP contribution is -2.42. The second-order valence-corrected chi connectivity index (χ2v) is 4.19. The SMILES string of the molecule is O[C@H]1CCCN(CC2CCCO2)C1. The number of nitrogens with zero attached hydrogens (tertiary/aromatic N) is 1. The van der Waals surface area contributed by atoms with E-state index in [1.54, 1.807) is 0 Å². The lowest BCUT2D eigenvalue weighted by atomic mass is 10.1. The minimum atomic E-state index is -0.102. The Labute approximate surface area is 79.7 Å². The van der Waals surface area contributed by atoms with Crippen molar-refractivity contribution in [3.8, 4) is 0 Å². The maximum atomic E-state index is 9.47. The molecule has 2 rings (SSSR count). The van der Waals surface area contributed by atoms with E-state index in [0.717, 1.165) is 39.1 Å². The average Bonchev–Trinajstić information content (AvgIpc) is 2.57. The Balaban J connectivity index is 1.73. The maximum Gasteiger partial charge on any atom is 0.0702 e. The Morgan fingerprint density at radius 2 is 2.23 bits per heavy atom. The van der Waals surface area contributed by atoms with Gasteiger partial charge < -0.3 is 9.84 Å². The average molecular weight is 185 g/mol. The third kappa shape index (κ3) is 2.66. The molecule has 0 bridgehead atoms. The Morgan fingerprint density at radius 3 is 2.92 bits per heavy atom. The van der Waals surface area contributed by atoms with Gasteiger partial charge >= 0.3 is 0 Å². The highest BCUT2D eigenvalue weighted by atomic mass is 16.5. The fourth-order valence-electron chi connectivity index (χ4n) is 2.27. The molecule has 0 aromatic rings. The first-order valence-corrected chi connectivity index (χ1v) is 5.36. The monoisotopic (exact) mass is 185 g/mol. The van der Waals surface area contributed by atoms with Gasteiger partial charge in [-0.1, -0.05) is 0 Å². The molecule has 0 aliphatic carbocycles.